The maximum Gasteiger partial charge on any atom is 0.254 e. The van der Waals surface area contributed by atoms with Crippen LogP contribution in [0.1, 0.15) is 18.9 Å². The molecule has 0 fully saturated rings. The van der Waals surface area contributed by atoms with Gasteiger partial charge >= 0.3 is 0 Å². The number of amidine groups is 1. The smallest absolute Gasteiger partial charge is 0.254 e. The van der Waals surface area contributed by atoms with Crippen LogP contribution in [-0.4, -0.2) is 55.3 Å². The number of carbonyl (C=O) groups is 2. The summed E-state index contributed by atoms with van der Waals surface area (Å²) in [6, 6.07) is 7.94. The standard InChI is InChI=1S/C21H24N4O2/c1-14-7-8-16-17(11-14)22-19(23-21(16)27)12-24(2)13-20(26)25-10-9-15-5-3-4-6-18(15)25/h3-8,17H,9-13H2,1-2H3,(H,22,23,27). The molecule has 2 amide bonds. The molecule has 0 saturated heterocycles. The van der Waals surface area contributed by atoms with Crippen LogP contribution in [0.4, 0.5) is 5.69 Å². The average molecular weight is 364 g/mol. The fourth-order valence-corrected chi connectivity index (χ4v) is 3.90. The molecule has 140 valence electrons. The number of likely N-dealkylation sites (N-methyl/N-ethyl adjacent to an activating group) is 1. The van der Waals surface area contributed by atoms with Crippen LogP contribution in [0.2, 0.25) is 0 Å². The minimum atomic E-state index is -0.103. The van der Waals surface area contributed by atoms with E-state index in [-0.39, 0.29) is 24.4 Å². The Kier molecular flexibility index (Phi) is 4.66. The third kappa shape index (κ3) is 3.57. The molecule has 0 bridgehead atoms. The van der Waals surface area contributed by atoms with E-state index in [9.17, 15) is 9.59 Å². The summed E-state index contributed by atoms with van der Waals surface area (Å²) in [5.74, 6) is 0.623. The summed E-state index contributed by atoms with van der Waals surface area (Å²) in [6.07, 6.45) is 5.51. The first-order valence-corrected chi connectivity index (χ1v) is 9.33. The molecule has 2 heterocycles. The number of hydrogen-bond acceptors (Lipinski definition) is 4. The molecular weight excluding hydrogens is 340 g/mol. The molecule has 1 aromatic carbocycles. The van der Waals surface area contributed by atoms with Crippen molar-refractivity contribution < 1.29 is 9.59 Å². The van der Waals surface area contributed by atoms with Crippen molar-refractivity contribution in [2.45, 2.75) is 25.8 Å². The molecular formula is C21H24N4O2. The van der Waals surface area contributed by atoms with Gasteiger partial charge in [0.1, 0.15) is 5.84 Å². The Morgan fingerprint density at radius 3 is 3.00 bits per heavy atom. The summed E-state index contributed by atoms with van der Waals surface area (Å²) in [7, 11) is 1.88. The number of allylic oxidation sites excluding steroid dienone is 2. The van der Waals surface area contributed by atoms with Gasteiger partial charge in [-0.05, 0) is 38.4 Å². The second-order valence-corrected chi connectivity index (χ2v) is 7.48. The molecule has 1 atom stereocenters. The van der Waals surface area contributed by atoms with E-state index in [1.54, 1.807) is 0 Å². The fraction of sp³-hybridized carbons (Fsp3) is 0.381. The zero-order valence-corrected chi connectivity index (χ0v) is 15.7. The summed E-state index contributed by atoms with van der Waals surface area (Å²) in [4.78, 5) is 33.5. The quantitative estimate of drug-likeness (QED) is 0.884. The van der Waals surface area contributed by atoms with Crippen LogP contribution in [0.15, 0.2) is 52.6 Å². The average Bonchev–Trinajstić information content (AvgIpc) is 3.05. The number of para-hydroxylation sites is 1. The molecule has 6 heteroatoms. The zero-order valence-electron chi connectivity index (χ0n) is 15.7. The van der Waals surface area contributed by atoms with E-state index in [4.69, 9.17) is 4.99 Å². The van der Waals surface area contributed by atoms with Crippen LogP contribution in [0.3, 0.4) is 0 Å². The van der Waals surface area contributed by atoms with Gasteiger partial charge in [0.2, 0.25) is 5.91 Å². The lowest BCUT2D eigenvalue weighted by Crippen LogP contribution is -2.47. The number of carbonyl (C=O) groups excluding carboxylic acids is 2. The highest BCUT2D eigenvalue weighted by Gasteiger charge is 2.30. The van der Waals surface area contributed by atoms with E-state index in [2.05, 4.69) is 11.4 Å². The van der Waals surface area contributed by atoms with Crippen LogP contribution < -0.4 is 10.2 Å². The van der Waals surface area contributed by atoms with E-state index in [1.165, 1.54) is 11.1 Å². The van der Waals surface area contributed by atoms with E-state index in [1.807, 2.05) is 54.1 Å². The number of rotatable bonds is 4. The minimum absolute atomic E-state index is 0.0715. The maximum atomic E-state index is 12.7. The Hall–Kier alpha value is -2.73. The van der Waals surface area contributed by atoms with Crippen LogP contribution in [0.5, 0.6) is 0 Å². The minimum Gasteiger partial charge on any atom is -0.311 e. The SMILES string of the molecule is CC1=CC=C2C(=O)NC(CN(C)CC(=O)N3CCc4ccccc43)=NC2C1. The second kappa shape index (κ2) is 7.12. The number of anilines is 1. The molecule has 27 heavy (non-hydrogen) atoms. The summed E-state index contributed by atoms with van der Waals surface area (Å²) < 4.78 is 0. The first-order chi connectivity index (χ1) is 13.0. The number of amides is 2. The highest BCUT2D eigenvalue weighted by atomic mass is 16.2. The summed E-state index contributed by atoms with van der Waals surface area (Å²) in [6.45, 7) is 3.51. The second-order valence-electron chi connectivity index (χ2n) is 7.48. The van der Waals surface area contributed by atoms with E-state index in [0.717, 1.165) is 30.6 Å². The van der Waals surface area contributed by atoms with Crippen molar-refractivity contribution in [2.24, 2.45) is 4.99 Å². The van der Waals surface area contributed by atoms with Crippen molar-refractivity contribution in [1.82, 2.24) is 10.2 Å². The predicted octanol–water partition coefficient (Wildman–Crippen LogP) is 1.68. The van der Waals surface area contributed by atoms with Gasteiger partial charge in [-0.3, -0.25) is 19.5 Å². The topological polar surface area (TPSA) is 65.0 Å². The molecule has 1 aliphatic carbocycles. The maximum absolute atomic E-state index is 12.7. The Balaban J connectivity index is 1.39. The fourth-order valence-electron chi connectivity index (χ4n) is 3.90. The monoisotopic (exact) mass is 364 g/mol. The molecule has 3 aliphatic rings. The third-order valence-electron chi connectivity index (χ3n) is 5.27. The molecule has 0 aromatic heterocycles. The first-order valence-electron chi connectivity index (χ1n) is 9.33. The first kappa shape index (κ1) is 17.7. The largest absolute Gasteiger partial charge is 0.311 e. The predicted molar refractivity (Wildman–Crippen MR) is 106 cm³/mol. The number of fused-ring (bicyclic) bond motifs is 2. The summed E-state index contributed by atoms with van der Waals surface area (Å²) in [5, 5.41) is 2.87. The van der Waals surface area contributed by atoms with Gasteiger partial charge in [0.25, 0.3) is 5.91 Å². The van der Waals surface area contributed by atoms with Crippen LogP contribution in [0, 0.1) is 0 Å². The molecule has 1 unspecified atom stereocenters. The molecule has 1 aromatic rings. The summed E-state index contributed by atoms with van der Waals surface area (Å²) in [5.41, 5.74) is 4.17. The highest BCUT2D eigenvalue weighted by Crippen LogP contribution is 2.27. The Bertz CT molecular complexity index is 884. The summed E-state index contributed by atoms with van der Waals surface area (Å²) >= 11 is 0. The molecule has 4 rings (SSSR count). The molecule has 0 radical (unpaired) electrons. The lowest BCUT2D eigenvalue weighted by molar-refractivity contribution is -0.119. The number of nitrogens with one attached hydrogen (secondary N) is 1. The van der Waals surface area contributed by atoms with Crippen molar-refractivity contribution in [3.8, 4) is 0 Å². The van der Waals surface area contributed by atoms with Gasteiger partial charge in [0.05, 0.1) is 19.1 Å². The Labute approximate surface area is 159 Å². The van der Waals surface area contributed by atoms with Crippen molar-refractivity contribution >= 4 is 23.3 Å². The van der Waals surface area contributed by atoms with Gasteiger partial charge < -0.3 is 10.2 Å². The Morgan fingerprint density at radius 2 is 2.15 bits per heavy atom. The van der Waals surface area contributed by atoms with Crippen LogP contribution >= 0.6 is 0 Å². The zero-order chi connectivity index (χ0) is 19.0. The van der Waals surface area contributed by atoms with Crippen LogP contribution in [0.25, 0.3) is 0 Å². The van der Waals surface area contributed by atoms with Gasteiger partial charge in [-0.15, -0.1) is 0 Å². The lowest BCUT2D eigenvalue weighted by Gasteiger charge is -2.28. The van der Waals surface area contributed by atoms with Gasteiger partial charge in [-0.1, -0.05) is 35.9 Å². The number of aliphatic imine (C=N–C) groups is 1. The van der Waals surface area contributed by atoms with Gasteiger partial charge in [0.15, 0.2) is 0 Å². The van der Waals surface area contributed by atoms with Crippen molar-refractivity contribution in [2.75, 3.05) is 31.6 Å². The van der Waals surface area contributed by atoms with Gasteiger partial charge in [-0.25, -0.2) is 0 Å². The van der Waals surface area contributed by atoms with Crippen molar-refractivity contribution in [3.63, 3.8) is 0 Å². The molecule has 6 nitrogen and oxygen atoms in total. The van der Waals surface area contributed by atoms with Crippen molar-refractivity contribution in [3.05, 3.63) is 53.1 Å². The van der Waals surface area contributed by atoms with Gasteiger partial charge in [-0.2, -0.15) is 0 Å². The van der Waals surface area contributed by atoms with E-state index in [0.29, 0.717) is 12.4 Å². The van der Waals surface area contributed by atoms with Gasteiger partial charge in [0, 0.05) is 17.8 Å². The number of benzene rings is 1. The third-order valence-corrected chi connectivity index (χ3v) is 5.27. The number of hydrogen-bond donors (Lipinski definition) is 1. The van der Waals surface area contributed by atoms with Crippen LogP contribution in [-0.2, 0) is 16.0 Å². The normalized spacial score (nSPS) is 21.1. The lowest BCUT2D eigenvalue weighted by atomic mass is 9.92. The van der Waals surface area contributed by atoms with E-state index >= 15 is 0 Å². The van der Waals surface area contributed by atoms with Crippen molar-refractivity contribution in [1.29, 1.82) is 0 Å². The molecule has 1 N–H and O–H groups in total. The van der Waals surface area contributed by atoms with E-state index < -0.39 is 0 Å². The molecule has 2 aliphatic heterocycles. The highest BCUT2D eigenvalue weighted by molar-refractivity contribution is 6.10. The Morgan fingerprint density at radius 1 is 1.33 bits per heavy atom. The molecule has 0 saturated carbocycles. The number of nitrogens with zero attached hydrogens (tertiary/aromatic N) is 3. The molecule has 0 spiro atoms.